The number of nitro benzene ring substituents is 1. The summed E-state index contributed by atoms with van der Waals surface area (Å²) in [6.45, 7) is 9.38. The van der Waals surface area contributed by atoms with Crippen molar-refractivity contribution in [2.45, 2.75) is 32.7 Å². The molecule has 3 rings (SSSR count). The van der Waals surface area contributed by atoms with Crippen LogP contribution in [0.5, 0.6) is 0 Å². The number of benzene rings is 2. The van der Waals surface area contributed by atoms with Crippen molar-refractivity contribution < 1.29 is 14.5 Å². The number of nitrogens with zero attached hydrogens (tertiary/aromatic N) is 3. The predicted molar refractivity (Wildman–Crippen MR) is 122 cm³/mol. The third-order valence-corrected chi connectivity index (χ3v) is 5.67. The molecule has 1 fully saturated rings. The summed E-state index contributed by atoms with van der Waals surface area (Å²) in [5.74, 6) is -0.372. The first-order valence-electron chi connectivity index (χ1n) is 10.8. The highest BCUT2D eigenvalue weighted by molar-refractivity contribution is 5.96. The maximum atomic E-state index is 12.5. The van der Waals surface area contributed by atoms with Gasteiger partial charge in [0.05, 0.1) is 11.5 Å². The second-order valence-electron chi connectivity index (χ2n) is 9.09. The standard InChI is InChI=1S/C24H30N4O4/c1-24(2,3)20-9-7-19(8-10-20)23(30)25-16-22(29)27-13-11-26(12-14-27)17-18-5-4-6-21(15-18)28(31)32/h4-10,15H,11-14,16-17H2,1-3H3,(H,25,30). The molecule has 0 aliphatic carbocycles. The lowest BCUT2D eigenvalue weighted by Gasteiger charge is -2.34. The Balaban J connectivity index is 1.45. The zero-order chi connectivity index (χ0) is 23.3. The highest BCUT2D eigenvalue weighted by Crippen LogP contribution is 2.22. The molecule has 0 spiro atoms. The van der Waals surface area contributed by atoms with E-state index in [4.69, 9.17) is 0 Å². The first-order valence-corrected chi connectivity index (χ1v) is 10.8. The zero-order valence-electron chi connectivity index (χ0n) is 18.8. The van der Waals surface area contributed by atoms with E-state index in [0.29, 0.717) is 38.3 Å². The Labute approximate surface area is 188 Å². The van der Waals surface area contributed by atoms with E-state index in [1.54, 1.807) is 29.2 Å². The van der Waals surface area contributed by atoms with Gasteiger partial charge in [-0.3, -0.25) is 24.6 Å². The Morgan fingerprint density at radius 1 is 1.03 bits per heavy atom. The topological polar surface area (TPSA) is 95.8 Å². The molecule has 2 aromatic carbocycles. The SMILES string of the molecule is CC(C)(C)c1ccc(C(=O)NCC(=O)N2CCN(Cc3cccc([N+](=O)[O-])c3)CC2)cc1. The number of carbonyl (C=O) groups excluding carboxylic acids is 2. The molecule has 2 aromatic rings. The second kappa shape index (κ2) is 9.91. The summed E-state index contributed by atoms with van der Waals surface area (Å²) < 4.78 is 0. The van der Waals surface area contributed by atoms with Crippen LogP contribution in [0.25, 0.3) is 0 Å². The summed E-state index contributed by atoms with van der Waals surface area (Å²) in [5.41, 5.74) is 2.66. The van der Waals surface area contributed by atoms with Crippen LogP contribution in [0, 0.1) is 10.1 Å². The smallest absolute Gasteiger partial charge is 0.269 e. The number of rotatable bonds is 6. The van der Waals surface area contributed by atoms with Crippen molar-refractivity contribution in [2.24, 2.45) is 0 Å². The van der Waals surface area contributed by atoms with Gasteiger partial charge < -0.3 is 10.2 Å². The van der Waals surface area contributed by atoms with Crippen LogP contribution in [0.3, 0.4) is 0 Å². The number of hydrogen-bond donors (Lipinski definition) is 1. The Bertz CT molecular complexity index is 974. The van der Waals surface area contributed by atoms with Crippen LogP contribution < -0.4 is 5.32 Å². The number of carbonyl (C=O) groups is 2. The molecule has 8 nitrogen and oxygen atoms in total. The van der Waals surface area contributed by atoms with E-state index in [1.807, 2.05) is 18.2 Å². The number of nitrogens with one attached hydrogen (secondary N) is 1. The van der Waals surface area contributed by atoms with E-state index in [-0.39, 0.29) is 29.5 Å². The van der Waals surface area contributed by atoms with Crippen molar-refractivity contribution in [1.82, 2.24) is 15.1 Å². The number of hydrogen-bond acceptors (Lipinski definition) is 5. The number of non-ortho nitro benzene ring substituents is 1. The van der Waals surface area contributed by atoms with E-state index in [0.717, 1.165) is 11.1 Å². The Morgan fingerprint density at radius 2 is 1.69 bits per heavy atom. The first kappa shape index (κ1) is 23.4. The molecule has 1 heterocycles. The van der Waals surface area contributed by atoms with Crippen LogP contribution in [-0.2, 0) is 16.8 Å². The Morgan fingerprint density at radius 3 is 2.28 bits per heavy atom. The molecule has 2 amide bonds. The molecule has 0 bridgehead atoms. The molecule has 0 saturated carbocycles. The minimum Gasteiger partial charge on any atom is -0.343 e. The van der Waals surface area contributed by atoms with Gasteiger partial charge in [-0.2, -0.15) is 0 Å². The Kier molecular flexibility index (Phi) is 7.25. The molecule has 170 valence electrons. The average Bonchev–Trinajstić information content (AvgIpc) is 2.77. The molecule has 1 aliphatic heterocycles. The monoisotopic (exact) mass is 438 g/mol. The van der Waals surface area contributed by atoms with E-state index in [9.17, 15) is 19.7 Å². The summed E-state index contributed by atoms with van der Waals surface area (Å²) in [7, 11) is 0. The van der Waals surface area contributed by atoms with Crippen molar-refractivity contribution >= 4 is 17.5 Å². The normalized spacial score (nSPS) is 14.8. The second-order valence-corrected chi connectivity index (χ2v) is 9.09. The van der Waals surface area contributed by atoms with Gasteiger partial charge in [0.15, 0.2) is 0 Å². The van der Waals surface area contributed by atoms with Gasteiger partial charge in [-0.1, -0.05) is 45.0 Å². The Hall–Kier alpha value is -3.26. The van der Waals surface area contributed by atoms with Gasteiger partial charge in [-0.05, 0) is 28.7 Å². The summed E-state index contributed by atoms with van der Waals surface area (Å²) in [5, 5.41) is 13.7. The van der Waals surface area contributed by atoms with Gasteiger partial charge in [0.2, 0.25) is 5.91 Å². The van der Waals surface area contributed by atoms with Crippen molar-refractivity contribution in [3.8, 4) is 0 Å². The van der Waals surface area contributed by atoms with Crippen LogP contribution in [0.15, 0.2) is 48.5 Å². The van der Waals surface area contributed by atoms with Crippen molar-refractivity contribution in [3.63, 3.8) is 0 Å². The maximum Gasteiger partial charge on any atom is 0.269 e. The highest BCUT2D eigenvalue weighted by atomic mass is 16.6. The van der Waals surface area contributed by atoms with E-state index in [2.05, 4.69) is 31.0 Å². The first-order chi connectivity index (χ1) is 15.1. The summed E-state index contributed by atoms with van der Waals surface area (Å²) >= 11 is 0. The fourth-order valence-corrected chi connectivity index (χ4v) is 3.67. The maximum absolute atomic E-state index is 12.5. The minimum atomic E-state index is -0.395. The predicted octanol–water partition coefficient (Wildman–Crippen LogP) is 2.97. The lowest BCUT2D eigenvalue weighted by molar-refractivity contribution is -0.384. The summed E-state index contributed by atoms with van der Waals surface area (Å²) in [6.07, 6.45) is 0. The summed E-state index contributed by atoms with van der Waals surface area (Å²) in [6, 6.07) is 14.1. The van der Waals surface area contributed by atoms with Crippen molar-refractivity contribution in [2.75, 3.05) is 32.7 Å². The van der Waals surface area contributed by atoms with Crippen LogP contribution in [0.4, 0.5) is 5.69 Å². The largest absolute Gasteiger partial charge is 0.343 e. The molecule has 32 heavy (non-hydrogen) atoms. The number of amides is 2. The quantitative estimate of drug-likeness (QED) is 0.553. The molecule has 1 aliphatic rings. The fraction of sp³-hybridized carbons (Fsp3) is 0.417. The average molecular weight is 439 g/mol. The summed E-state index contributed by atoms with van der Waals surface area (Å²) in [4.78, 5) is 39.4. The highest BCUT2D eigenvalue weighted by Gasteiger charge is 2.22. The van der Waals surface area contributed by atoms with Gasteiger partial charge >= 0.3 is 0 Å². The third kappa shape index (κ3) is 6.13. The van der Waals surface area contributed by atoms with Crippen molar-refractivity contribution in [1.29, 1.82) is 0 Å². The molecule has 1 saturated heterocycles. The van der Waals surface area contributed by atoms with Crippen LogP contribution >= 0.6 is 0 Å². The van der Waals surface area contributed by atoms with Gasteiger partial charge in [0, 0.05) is 50.4 Å². The number of nitro groups is 1. The van der Waals surface area contributed by atoms with Crippen LogP contribution in [0.1, 0.15) is 42.3 Å². The molecule has 8 heteroatoms. The van der Waals surface area contributed by atoms with Gasteiger partial charge in [0.25, 0.3) is 11.6 Å². The van der Waals surface area contributed by atoms with Gasteiger partial charge in [-0.25, -0.2) is 0 Å². The van der Waals surface area contributed by atoms with Crippen LogP contribution in [-0.4, -0.2) is 59.3 Å². The molecule has 1 N–H and O–H groups in total. The van der Waals surface area contributed by atoms with E-state index in [1.165, 1.54) is 6.07 Å². The zero-order valence-corrected chi connectivity index (χ0v) is 18.8. The van der Waals surface area contributed by atoms with Crippen molar-refractivity contribution in [3.05, 3.63) is 75.3 Å². The van der Waals surface area contributed by atoms with E-state index < -0.39 is 4.92 Å². The minimum absolute atomic E-state index is 0.0162. The number of piperazine rings is 1. The third-order valence-electron chi connectivity index (χ3n) is 5.67. The molecular formula is C24H30N4O4. The molecule has 0 unspecified atom stereocenters. The van der Waals surface area contributed by atoms with Gasteiger partial charge in [0.1, 0.15) is 0 Å². The van der Waals surface area contributed by atoms with Crippen LogP contribution in [0.2, 0.25) is 0 Å². The van der Waals surface area contributed by atoms with E-state index >= 15 is 0 Å². The molecule has 0 aromatic heterocycles. The van der Waals surface area contributed by atoms with Gasteiger partial charge in [-0.15, -0.1) is 0 Å². The molecule has 0 atom stereocenters. The molecule has 0 radical (unpaired) electrons. The lowest BCUT2D eigenvalue weighted by Crippen LogP contribution is -2.50. The molecular weight excluding hydrogens is 408 g/mol. The fourth-order valence-electron chi connectivity index (χ4n) is 3.67. The lowest BCUT2D eigenvalue weighted by atomic mass is 9.87.